The SMILES string of the molecule is CCc1[nH]n(C2CCCC2)c2nc(Cc3ccncc3)nc(=O)c1-2. The molecule has 0 amide bonds. The van der Waals surface area contributed by atoms with Gasteiger partial charge < -0.3 is 0 Å². The van der Waals surface area contributed by atoms with Gasteiger partial charge in [0.25, 0.3) is 5.56 Å². The summed E-state index contributed by atoms with van der Waals surface area (Å²) in [7, 11) is 0. The molecule has 1 aromatic heterocycles. The summed E-state index contributed by atoms with van der Waals surface area (Å²) in [5.74, 6) is 1.34. The van der Waals surface area contributed by atoms with E-state index in [0.717, 1.165) is 36.3 Å². The highest BCUT2D eigenvalue weighted by Gasteiger charge is 2.27. The third kappa shape index (κ3) is 2.62. The van der Waals surface area contributed by atoms with Crippen LogP contribution in [0.25, 0.3) is 11.4 Å². The van der Waals surface area contributed by atoms with Gasteiger partial charge >= 0.3 is 0 Å². The van der Waals surface area contributed by atoms with Crippen molar-refractivity contribution in [3.63, 3.8) is 0 Å². The molecule has 24 heavy (non-hydrogen) atoms. The van der Waals surface area contributed by atoms with Crippen LogP contribution in [-0.2, 0) is 12.8 Å². The van der Waals surface area contributed by atoms with Crippen LogP contribution in [0.4, 0.5) is 0 Å². The molecule has 3 heterocycles. The Morgan fingerprint density at radius 3 is 2.67 bits per heavy atom. The van der Waals surface area contributed by atoms with E-state index in [1.807, 2.05) is 12.1 Å². The van der Waals surface area contributed by atoms with E-state index in [2.05, 4.69) is 26.7 Å². The number of pyridine rings is 1. The highest BCUT2D eigenvalue weighted by atomic mass is 16.1. The Morgan fingerprint density at radius 2 is 1.96 bits per heavy atom. The zero-order valence-corrected chi connectivity index (χ0v) is 13.8. The molecule has 3 aliphatic rings. The number of aromatic amines is 1. The summed E-state index contributed by atoms with van der Waals surface area (Å²) in [5.41, 5.74) is 2.48. The second-order valence-corrected chi connectivity index (χ2v) is 6.43. The Hall–Kier alpha value is -2.50. The molecule has 0 spiro atoms. The standard InChI is InChI=1S/C18H21N5O/c1-2-14-16-17(23(22-14)13-5-3-4-6-13)20-15(21-18(16)24)11-12-7-9-19-10-8-12/h7-10,13,22H,2-6,11H2,1H3. The second-order valence-electron chi connectivity index (χ2n) is 6.43. The molecule has 0 unspecified atom stereocenters. The molecule has 0 aromatic carbocycles. The van der Waals surface area contributed by atoms with Crippen molar-refractivity contribution in [2.45, 2.75) is 51.5 Å². The minimum Gasteiger partial charge on any atom is -0.300 e. The maximum atomic E-state index is 12.6. The van der Waals surface area contributed by atoms with Crippen LogP contribution >= 0.6 is 0 Å². The maximum Gasteiger partial charge on any atom is 0.284 e. The van der Waals surface area contributed by atoms with Crippen molar-refractivity contribution >= 4 is 0 Å². The van der Waals surface area contributed by atoms with Crippen molar-refractivity contribution in [3.05, 3.63) is 52.0 Å². The zero-order chi connectivity index (χ0) is 16.5. The number of aromatic nitrogens is 5. The molecular weight excluding hydrogens is 302 g/mol. The van der Waals surface area contributed by atoms with Crippen LogP contribution in [0.2, 0.25) is 0 Å². The first-order chi connectivity index (χ1) is 11.8. The highest BCUT2D eigenvalue weighted by molar-refractivity contribution is 5.59. The molecule has 1 fully saturated rings. The van der Waals surface area contributed by atoms with E-state index >= 15 is 0 Å². The summed E-state index contributed by atoms with van der Waals surface area (Å²) in [6.07, 6.45) is 9.57. The van der Waals surface area contributed by atoms with E-state index in [9.17, 15) is 4.79 Å². The van der Waals surface area contributed by atoms with Gasteiger partial charge in [-0.1, -0.05) is 19.8 Å². The molecule has 0 bridgehead atoms. The molecule has 6 heteroatoms. The Morgan fingerprint density at radius 1 is 1.21 bits per heavy atom. The smallest absolute Gasteiger partial charge is 0.284 e. The molecule has 4 rings (SSSR count). The fourth-order valence-corrected chi connectivity index (χ4v) is 3.61. The van der Waals surface area contributed by atoms with Crippen molar-refractivity contribution in [1.29, 1.82) is 0 Å². The van der Waals surface area contributed by atoms with Crippen molar-refractivity contribution in [2.75, 3.05) is 0 Å². The van der Waals surface area contributed by atoms with Gasteiger partial charge in [0.15, 0.2) is 5.82 Å². The number of fused-ring (bicyclic) bond motifs is 1. The van der Waals surface area contributed by atoms with Crippen LogP contribution in [0.15, 0.2) is 29.3 Å². The first-order valence-electron chi connectivity index (χ1n) is 8.65. The first kappa shape index (κ1) is 15.1. The largest absolute Gasteiger partial charge is 0.300 e. The van der Waals surface area contributed by atoms with Gasteiger partial charge in [0, 0.05) is 24.5 Å². The van der Waals surface area contributed by atoms with Crippen LogP contribution in [0.1, 0.15) is 55.7 Å². The van der Waals surface area contributed by atoms with Crippen LogP contribution in [0, 0.1) is 0 Å². The topological polar surface area (TPSA) is 76.5 Å². The molecule has 124 valence electrons. The van der Waals surface area contributed by atoms with E-state index in [-0.39, 0.29) is 5.56 Å². The van der Waals surface area contributed by atoms with Crippen molar-refractivity contribution < 1.29 is 0 Å². The molecule has 1 aromatic rings. The molecule has 0 radical (unpaired) electrons. The maximum absolute atomic E-state index is 12.6. The fraction of sp³-hybridized carbons (Fsp3) is 0.444. The Labute approximate surface area is 140 Å². The third-order valence-electron chi connectivity index (χ3n) is 4.84. The number of hydrogen-bond donors (Lipinski definition) is 1. The molecule has 1 saturated carbocycles. The van der Waals surface area contributed by atoms with Crippen molar-refractivity contribution in [2.24, 2.45) is 0 Å². The number of hydrogen-bond acceptors (Lipinski definition) is 4. The van der Waals surface area contributed by atoms with E-state index in [0.29, 0.717) is 23.9 Å². The van der Waals surface area contributed by atoms with Crippen LogP contribution in [-0.4, -0.2) is 24.7 Å². The third-order valence-corrected chi connectivity index (χ3v) is 4.84. The van der Waals surface area contributed by atoms with Gasteiger partial charge in [-0.05, 0) is 37.0 Å². The number of nitrogens with zero attached hydrogens (tertiary/aromatic N) is 4. The lowest BCUT2D eigenvalue weighted by atomic mass is 10.1. The normalized spacial score (nSPS) is 15.4. The van der Waals surface area contributed by atoms with Crippen LogP contribution in [0.3, 0.4) is 0 Å². The van der Waals surface area contributed by atoms with E-state index in [1.165, 1.54) is 12.8 Å². The molecular formula is C18H21N5O. The molecule has 0 saturated heterocycles. The van der Waals surface area contributed by atoms with E-state index in [1.54, 1.807) is 12.4 Å². The average molecular weight is 323 g/mol. The lowest BCUT2D eigenvalue weighted by Crippen LogP contribution is -2.18. The van der Waals surface area contributed by atoms with Gasteiger partial charge in [-0.3, -0.25) is 19.6 Å². The minimum absolute atomic E-state index is 0.172. The molecule has 6 nitrogen and oxygen atoms in total. The van der Waals surface area contributed by atoms with Crippen molar-refractivity contribution in [1.82, 2.24) is 24.7 Å². The Bertz CT molecular complexity index is 861. The lowest BCUT2D eigenvalue weighted by Gasteiger charge is -2.13. The van der Waals surface area contributed by atoms with Crippen LogP contribution < -0.4 is 5.56 Å². The Kier molecular flexibility index (Phi) is 3.88. The molecule has 1 aliphatic carbocycles. The monoisotopic (exact) mass is 323 g/mol. The summed E-state index contributed by atoms with van der Waals surface area (Å²) in [5, 5.41) is 3.42. The average Bonchev–Trinajstić information content (AvgIpc) is 3.23. The van der Waals surface area contributed by atoms with Gasteiger partial charge in [0.2, 0.25) is 0 Å². The summed E-state index contributed by atoms with van der Waals surface area (Å²) >= 11 is 0. The number of aryl methyl sites for hydroxylation is 1. The Balaban J connectivity index is 1.81. The molecule has 1 N–H and O–H groups in total. The number of rotatable bonds is 4. The van der Waals surface area contributed by atoms with Gasteiger partial charge in [-0.15, -0.1) is 0 Å². The predicted octanol–water partition coefficient (Wildman–Crippen LogP) is 2.73. The predicted molar refractivity (Wildman–Crippen MR) is 91.2 cm³/mol. The minimum atomic E-state index is -0.172. The first-order valence-corrected chi connectivity index (χ1v) is 8.65. The summed E-state index contributed by atoms with van der Waals surface area (Å²) < 4.78 is 2.11. The van der Waals surface area contributed by atoms with Crippen LogP contribution in [0.5, 0.6) is 0 Å². The zero-order valence-electron chi connectivity index (χ0n) is 13.8. The van der Waals surface area contributed by atoms with Crippen molar-refractivity contribution in [3.8, 4) is 11.4 Å². The number of nitrogens with one attached hydrogen (secondary N) is 1. The van der Waals surface area contributed by atoms with E-state index < -0.39 is 0 Å². The van der Waals surface area contributed by atoms with Gasteiger partial charge in [0.1, 0.15) is 11.4 Å². The fourth-order valence-electron chi connectivity index (χ4n) is 3.61. The number of H-pyrrole nitrogens is 1. The van der Waals surface area contributed by atoms with Gasteiger partial charge in [-0.2, -0.15) is 4.98 Å². The highest BCUT2D eigenvalue weighted by Crippen LogP contribution is 2.33. The summed E-state index contributed by atoms with van der Waals surface area (Å²) in [6, 6.07) is 4.27. The summed E-state index contributed by atoms with van der Waals surface area (Å²) in [6.45, 7) is 2.05. The summed E-state index contributed by atoms with van der Waals surface area (Å²) in [4.78, 5) is 25.6. The quantitative estimate of drug-likeness (QED) is 0.801. The van der Waals surface area contributed by atoms with Gasteiger partial charge in [0.05, 0.1) is 6.04 Å². The second kappa shape index (κ2) is 6.19. The molecule has 2 aliphatic heterocycles. The molecule has 0 atom stereocenters. The lowest BCUT2D eigenvalue weighted by molar-refractivity contribution is 0.464. The van der Waals surface area contributed by atoms with E-state index in [4.69, 9.17) is 4.98 Å². The van der Waals surface area contributed by atoms with Gasteiger partial charge in [-0.25, -0.2) is 4.98 Å².